The van der Waals surface area contributed by atoms with Gasteiger partial charge in [0.2, 0.25) is 0 Å². The molecule has 0 aromatic heterocycles. The Morgan fingerprint density at radius 3 is 2.95 bits per heavy atom. The number of hydrogen-bond donors (Lipinski definition) is 0. The van der Waals surface area contributed by atoms with E-state index >= 15 is 0 Å². The molecular weight excluding hydrogens is 259 g/mol. The van der Waals surface area contributed by atoms with E-state index < -0.39 is 0 Å². The highest BCUT2D eigenvalue weighted by atomic mass is 32.2. The second-order valence-corrected chi connectivity index (χ2v) is 6.11. The Hall–Kier alpha value is -1.48. The Bertz CT molecular complexity index is 572. The van der Waals surface area contributed by atoms with Gasteiger partial charge in [-0.15, -0.1) is 11.8 Å². The minimum atomic E-state index is -0.247. The van der Waals surface area contributed by atoms with Gasteiger partial charge in [-0.1, -0.05) is 24.3 Å². The number of rotatable bonds is 3. The standard InChI is InChI=1S/C16H15FOS/c1-11-6-7-13(17)9-15(11)18-10-14-8-12-4-2-3-5-16(12)19-14/h2-7,9,14H,8,10H2,1H3. The van der Waals surface area contributed by atoms with E-state index in [0.29, 0.717) is 17.6 Å². The smallest absolute Gasteiger partial charge is 0.126 e. The topological polar surface area (TPSA) is 9.23 Å². The van der Waals surface area contributed by atoms with Gasteiger partial charge in [0, 0.05) is 16.2 Å². The third kappa shape index (κ3) is 2.76. The van der Waals surface area contributed by atoms with Crippen LogP contribution >= 0.6 is 11.8 Å². The van der Waals surface area contributed by atoms with Crippen LogP contribution in [-0.4, -0.2) is 11.9 Å². The Labute approximate surface area is 116 Å². The summed E-state index contributed by atoms with van der Waals surface area (Å²) in [5.41, 5.74) is 2.36. The second-order valence-electron chi connectivity index (χ2n) is 4.77. The van der Waals surface area contributed by atoms with Gasteiger partial charge < -0.3 is 4.74 Å². The predicted molar refractivity (Wildman–Crippen MR) is 76.4 cm³/mol. The molecule has 0 saturated carbocycles. The van der Waals surface area contributed by atoms with Crippen molar-refractivity contribution in [2.24, 2.45) is 0 Å². The number of fused-ring (bicyclic) bond motifs is 1. The number of halogens is 1. The van der Waals surface area contributed by atoms with Gasteiger partial charge in [-0.2, -0.15) is 0 Å². The molecule has 1 atom stereocenters. The summed E-state index contributed by atoms with van der Waals surface area (Å²) in [7, 11) is 0. The first-order valence-corrected chi connectivity index (χ1v) is 7.24. The highest BCUT2D eigenvalue weighted by Gasteiger charge is 2.22. The molecule has 0 spiro atoms. The zero-order valence-electron chi connectivity index (χ0n) is 10.7. The fourth-order valence-corrected chi connectivity index (χ4v) is 3.48. The first-order chi connectivity index (χ1) is 9.22. The van der Waals surface area contributed by atoms with Gasteiger partial charge in [-0.3, -0.25) is 0 Å². The molecule has 1 heterocycles. The summed E-state index contributed by atoms with van der Waals surface area (Å²) in [6, 6.07) is 13.1. The molecule has 2 aromatic carbocycles. The number of hydrogen-bond acceptors (Lipinski definition) is 2. The third-order valence-electron chi connectivity index (χ3n) is 3.29. The molecule has 0 bridgehead atoms. The highest BCUT2D eigenvalue weighted by molar-refractivity contribution is 8.00. The quantitative estimate of drug-likeness (QED) is 0.828. The van der Waals surface area contributed by atoms with Crippen LogP contribution in [0.2, 0.25) is 0 Å². The lowest BCUT2D eigenvalue weighted by Gasteiger charge is -2.12. The van der Waals surface area contributed by atoms with E-state index in [1.165, 1.54) is 22.6 Å². The van der Waals surface area contributed by atoms with Crippen molar-refractivity contribution >= 4 is 11.8 Å². The maximum Gasteiger partial charge on any atom is 0.126 e. The lowest BCUT2D eigenvalue weighted by molar-refractivity contribution is 0.314. The SMILES string of the molecule is Cc1ccc(F)cc1OCC1Cc2ccccc2S1. The number of thioether (sulfide) groups is 1. The fraction of sp³-hybridized carbons (Fsp3) is 0.250. The molecule has 0 amide bonds. The molecule has 2 aromatic rings. The highest BCUT2D eigenvalue weighted by Crippen LogP contribution is 2.37. The van der Waals surface area contributed by atoms with Crippen molar-refractivity contribution in [1.82, 2.24) is 0 Å². The van der Waals surface area contributed by atoms with Crippen molar-refractivity contribution in [1.29, 1.82) is 0 Å². The molecule has 0 aliphatic carbocycles. The van der Waals surface area contributed by atoms with Gasteiger partial charge in [-0.05, 0) is 36.6 Å². The van der Waals surface area contributed by atoms with Crippen LogP contribution in [0.3, 0.4) is 0 Å². The zero-order chi connectivity index (χ0) is 13.2. The molecule has 3 heteroatoms. The summed E-state index contributed by atoms with van der Waals surface area (Å²) < 4.78 is 18.9. The Morgan fingerprint density at radius 1 is 1.26 bits per heavy atom. The summed E-state index contributed by atoms with van der Waals surface area (Å²) in [6.45, 7) is 2.55. The molecule has 98 valence electrons. The van der Waals surface area contributed by atoms with Crippen molar-refractivity contribution in [3.05, 3.63) is 59.4 Å². The molecule has 1 aliphatic rings. The average Bonchev–Trinajstić information content (AvgIpc) is 2.82. The number of ether oxygens (including phenoxy) is 1. The third-order valence-corrected chi connectivity index (χ3v) is 4.58. The Kier molecular flexibility index (Phi) is 3.47. The van der Waals surface area contributed by atoms with Gasteiger partial charge >= 0.3 is 0 Å². The van der Waals surface area contributed by atoms with E-state index in [1.807, 2.05) is 18.7 Å². The van der Waals surface area contributed by atoms with Crippen LogP contribution in [0.4, 0.5) is 4.39 Å². The first-order valence-electron chi connectivity index (χ1n) is 6.36. The van der Waals surface area contributed by atoms with E-state index in [0.717, 1.165) is 12.0 Å². The molecule has 0 saturated heterocycles. The van der Waals surface area contributed by atoms with Crippen molar-refractivity contribution < 1.29 is 9.13 Å². The average molecular weight is 274 g/mol. The normalized spacial score (nSPS) is 17.3. The Morgan fingerprint density at radius 2 is 2.11 bits per heavy atom. The lowest BCUT2D eigenvalue weighted by atomic mass is 10.1. The molecule has 0 N–H and O–H groups in total. The molecule has 19 heavy (non-hydrogen) atoms. The van der Waals surface area contributed by atoms with Gasteiger partial charge in [0.25, 0.3) is 0 Å². The van der Waals surface area contributed by atoms with Gasteiger partial charge in [0.15, 0.2) is 0 Å². The van der Waals surface area contributed by atoms with Crippen molar-refractivity contribution in [3.8, 4) is 5.75 Å². The number of benzene rings is 2. The van der Waals surface area contributed by atoms with E-state index in [9.17, 15) is 4.39 Å². The minimum absolute atomic E-state index is 0.247. The van der Waals surface area contributed by atoms with Gasteiger partial charge in [0.05, 0.1) is 0 Å². The van der Waals surface area contributed by atoms with Gasteiger partial charge in [-0.25, -0.2) is 4.39 Å². The summed E-state index contributed by atoms with van der Waals surface area (Å²) in [5.74, 6) is 0.402. The predicted octanol–water partition coefficient (Wildman–Crippen LogP) is 4.23. The summed E-state index contributed by atoms with van der Waals surface area (Å²) >= 11 is 1.85. The van der Waals surface area contributed by atoms with E-state index in [2.05, 4.69) is 24.3 Å². The van der Waals surface area contributed by atoms with Crippen LogP contribution < -0.4 is 4.74 Å². The van der Waals surface area contributed by atoms with Crippen LogP contribution in [0.15, 0.2) is 47.4 Å². The van der Waals surface area contributed by atoms with Crippen molar-refractivity contribution in [3.63, 3.8) is 0 Å². The van der Waals surface area contributed by atoms with Crippen LogP contribution in [0.25, 0.3) is 0 Å². The van der Waals surface area contributed by atoms with E-state index in [-0.39, 0.29) is 5.82 Å². The van der Waals surface area contributed by atoms with Crippen LogP contribution in [0.1, 0.15) is 11.1 Å². The lowest BCUT2D eigenvalue weighted by Crippen LogP contribution is -2.14. The van der Waals surface area contributed by atoms with E-state index in [4.69, 9.17) is 4.74 Å². The molecule has 3 rings (SSSR count). The summed E-state index contributed by atoms with van der Waals surface area (Å²) in [4.78, 5) is 1.34. The maximum atomic E-state index is 13.2. The van der Waals surface area contributed by atoms with E-state index in [1.54, 1.807) is 6.07 Å². The molecule has 1 aliphatic heterocycles. The van der Waals surface area contributed by atoms with Crippen LogP contribution in [0, 0.1) is 12.7 Å². The molecule has 1 nitrogen and oxygen atoms in total. The van der Waals surface area contributed by atoms with Crippen molar-refractivity contribution in [2.45, 2.75) is 23.5 Å². The molecule has 1 unspecified atom stereocenters. The van der Waals surface area contributed by atoms with Crippen molar-refractivity contribution in [2.75, 3.05) is 6.61 Å². The Balaban J connectivity index is 1.64. The first kappa shape index (κ1) is 12.5. The maximum absolute atomic E-state index is 13.2. The summed E-state index contributed by atoms with van der Waals surface area (Å²) in [5, 5.41) is 0.417. The number of aryl methyl sites for hydroxylation is 1. The fourth-order valence-electron chi connectivity index (χ4n) is 2.26. The second kappa shape index (κ2) is 5.25. The van der Waals surface area contributed by atoms with Crippen LogP contribution in [-0.2, 0) is 6.42 Å². The molecular formula is C16H15FOS. The van der Waals surface area contributed by atoms with Crippen LogP contribution in [0.5, 0.6) is 5.75 Å². The minimum Gasteiger partial charge on any atom is -0.492 e. The zero-order valence-corrected chi connectivity index (χ0v) is 11.5. The summed E-state index contributed by atoms with van der Waals surface area (Å²) in [6.07, 6.45) is 1.02. The largest absolute Gasteiger partial charge is 0.492 e. The molecule has 0 fully saturated rings. The monoisotopic (exact) mass is 274 g/mol. The van der Waals surface area contributed by atoms with Gasteiger partial charge in [0.1, 0.15) is 18.2 Å². The molecule has 0 radical (unpaired) electrons.